The summed E-state index contributed by atoms with van der Waals surface area (Å²) in [7, 11) is 3.02. The summed E-state index contributed by atoms with van der Waals surface area (Å²) in [5, 5.41) is 11.0. The van der Waals surface area contributed by atoms with Crippen LogP contribution in [0, 0.1) is 17.0 Å². The van der Waals surface area contributed by atoms with Gasteiger partial charge in [0.25, 0.3) is 5.69 Å². The lowest BCUT2D eigenvalue weighted by molar-refractivity contribution is -0.385. The number of nitro benzene ring substituents is 1. The Morgan fingerprint density at radius 2 is 1.84 bits per heavy atom. The van der Waals surface area contributed by atoms with Crippen molar-refractivity contribution in [1.29, 1.82) is 0 Å². The monoisotopic (exact) mass is 409 g/mol. The van der Waals surface area contributed by atoms with Crippen LogP contribution in [0.2, 0.25) is 0 Å². The van der Waals surface area contributed by atoms with Gasteiger partial charge in [0.05, 0.1) is 29.2 Å². The number of hydrogen-bond acceptors (Lipinski definition) is 6. The SMILES string of the molecule is COc1cc(COC(=O)c2ccc(C)c([N+](=O)[O-])c2)c(OC)cc1Br. The number of ether oxygens (including phenoxy) is 3. The maximum atomic E-state index is 12.2. The van der Waals surface area contributed by atoms with Gasteiger partial charge in [-0.1, -0.05) is 6.07 Å². The zero-order chi connectivity index (χ0) is 18.6. The van der Waals surface area contributed by atoms with Gasteiger partial charge in [-0.25, -0.2) is 4.79 Å². The van der Waals surface area contributed by atoms with Crippen molar-refractivity contribution in [3.63, 3.8) is 0 Å². The van der Waals surface area contributed by atoms with E-state index >= 15 is 0 Å². The van der Waals surface area contributed by atoms with E-state index in [9.17, 15) is 14.9 Å². The molecular weight excluding hydrogens is 394 g/mol. The third-order valence-electron chi connectivity index (χ3n) is 3.56. The molecule has 7 nitrogen and oxygen atoms in total. The number of carbonyl (C=O) groups excluding carboxylic acids is 1. The van der Waals surface area contributed by atoms with Gasteiger partial charge in [0.2, 0.25) is 0 Å². The molecule has 0 radical (unpaired) electrons. The number of nitrogens with zero attached hydrogens (tertiary/aromatic N) is 1. The van der Waals surface area contributed by atoms with Crippen molar-refractivity contribution in [2.75, 3.05) is 14.2 Å². The van der Waals surface area contributed by atoms with Crippen molar-refractivity contribution in [2.24, 2.45) is 0 Å². The van der Waals surface area contributed by atoms with E-state index in [1.165, 1.54) is 32.4 Å². The van der Waals surface area contributed by atoms with Crippen LogP contribution < -0.4 is 9.47 Å². The van der Waals surface area contributed by atoms with Gasteiger partial charge in [0.1, 0.15) is 18.1 Å². The molecule has 0 unspecified atom stereocenters. The molecule has 0 spiro atoms. The Balaban J connectivity index is 2.20. The molecule has 8 heteroatoms. The number of methoxy groups -OCH3 is 2. The summed E-state index contributed by atoms with van der Waals surface area (Å²) in [4.78, 5) is 22.6. The summed E-state index contributed by atoms with van der Waals surface area (Å²) in [6.07, 6.45) is 0. The lowest BCUT2D eigenvalue weighted by atomic mass is 10.1. The molecule has 0 heterocycles. The number of nitro groups is 1. The lowest BCUT2D eigenvalue weighted by Crippen LogP contribution is -2.07. The molecular formula is C17H16BrNO6. The summed E-state index contributed by atoms with van der Waals surface area (Å²) >= 11 is 3.35. The Kier molecular flexibility index (Phi) is 5.97. The van der Waals surface area contributed by atoms with E-state index in [-0.39, 0.29) is 17.9 Å². The summed E-state index contributed by atoms with van der Waals surface area (Å²) in [5.41, 5.74) is 1.07. The molecule has 0 fully saturated rings. The summed E-state index contributed by atoms with van der Waals surface area (Å²) in [5.74, 6) is 0.431. The van der Waals surface area contributed by atoms with Crippen molar-refractivity contribution >= 4 is 27.6 Å². The van der Waals surface area contributed by atoms with Gasteiger partial charge in [-0.05, 0) is 41.1 Å². The number of halogens is 1. The van der Waals surface area contributed by atoms with Gasteiger partial charge in [-0.15, -0.1) is 0 Å². The van der Waals surface area contributed by atoms with Crippen LogP contribution in [0.15, 0.2) is 34.8 Å². The van der Waals surface area contributed by atoms with Gasteiger partial charge < -0.3 is 14.2 Å². The first-order chi connectivity index (χ1) is 11.9. The molecule has 0 aliphatic heterocycles. The molecule has 0 aromatic heterocycles. The van der Waals surface area contributed by atoms with Crippen LogP contribution in [0.3, 0.4) is 0 Å². The Morgan fingerprint density at radius 3 is 2.44 bits per heavy atom. The highest BCUT2D eigenvalue weighted by atomic mass is 79.9. The molecule has 2 rings (SSSR count). The maximum Gasteiger partial charge on any atom is 0.338 e. The largest absolute Gasteiger partial charge is 0.496 e. The van der Waals surface area contributed by atoms with Crippen molar-refractivity contribution < 1.29 is 23.9 Å². The summed E-state index contributed by atoms with van der Waals surface area (Å²) < 4.78 is 16.4. The Hall–Kier alpha value is -2.61. The smallest absolute Gasteiger partial charge is 0.338 e. The van der Waals surface area contributed by atoms with Gasteiger partial charge in [-0.3, -0.25) is 10.1 Å². The minimum atomic E-state index is -0.660. The predicted molar refractivity (Wildman–Crippen MR) is 94.2 cm³/mol. The standard InChI is InChI=1S/C17H16BrNO6/c1-10-4-5-11(6-14(10)19(21)22)17(20)25-9-12-7-16(24-3)13(18)8-15(12)23-2/h4-8H,9H2,1-3H3. The molecule has 0 aliphatic rings. The Morgan fingerprint density at radius 1 is 1.16 bits per heavy atom. The number of carbonyl (C=O) groups is 1. The van der Waals surface area contributed by atoms with E-state index in [2.05, 4.69) is 15.9 Å². The molecule has 25 heavy (non-hydrogen) atoms. The van der Waals surface area contributed by atoms with Crippen molar-refractivity contribution in [1.82, 2.24) is 0 Å². The van der Waals surface area contributed by atoms with E-state index < -0.39 is 10.9 Å². The first-order valence-corrected chi connectivity index (χ1v) is 7.99. The maximum absolute atomic E-state index is 12.2. The van der Waals surface area contributed by atoms with Gasteiger partial charge >= 0.3 is 5.97 Å². The molecule has 0 atom stereocenters. The molecule has 2 aromatic rings. The molecule has 0 aliphatic carbocycles. The van der Waals surface area contributed by atoms with Crippen LogP contribution in [0.4, 0.5) is 5.69 Å². The van der Waals surface area contributed by atoms with Crippen LogP contribution in [-0.4, -0.2) is 25.1 Å². The highest BCUT2D eigenvalue weighted by Gasteiger charge is 2.17. The second kappa shape index (κ2) is 7.98. The first kappa shape index (κ1) is 18.7. The van der Waals surface area contributed by atoms with Gasteiger partial charge in [0.15, 0.2) is 0 Å². The van der Waals surface area contributed by atoms with Crippen molar-refractivity contribution in [2.45, 2.75) is 13.5 Å². The van der Waals surface area contributed by atoms with Crippen molar-refractivity contribution in [3.05, 3.63) is 61.6 Å². The highest BCUT2D eigenvalue weighted by Crippen LogP contribution is 2.33. The molecule has 0 amide bonds. The second-order valence-corrected chi connectivity index (χ2v) is 5.99. The quantitative estimate of drug-likeness (QED) is 0.406. The van der Waals surface area contributed by atoms with Gasteiger partial charge in [0, 0.05) is 17.2 Å². The first-order valence-electron chi connectivity index (χ1n) is 7.20. The van der Waals surface area contributed by atoms with Crippen LogP contribution in [0.5, 0.6) is 11.5 Å². The van der Waals surface area contributed by atoms with E-state index in [0.717, 1.165) is 0 Å². The fraction of sp³-hybridized carbons (Fsp3) is 0.235. The number of rotatable bonds is 6. The zero-order valence-corrected chi connectivity index (χ0v) is 15.5. The molecule has 0 bridgehead atoms. The number of hydrogen-bond donors (Lipinski definition) is 0. The molecule has 2 aromatic carbocycles. The van der Waals surface area contributed by atoms with E-state index in [1.807, 2.05) is 0 Å². The molecule has 0 N–H and O–H groups in total. The zero-order valence-electron chi connectivity index (χ0n) is 13.9. The third kappa shape index (κ3) is 4.27. The average Bonchev–Trinajstić information content (AvgIpc) is 2.60. The predicted octanol–water partition coefficient (Wildman–Crippen LogP) is 4.04. The van der Waals surface area contributed by atoms with Crippen molar-refractivity contribution in [3.8, 4) is 11.5 Å². The van der Waals surface area contributed by atoms with E-state index in [4.69, 9.17) is 14.2 Å². The topological polar surface area (TPSA) is 87.9 Å². The fourth-order valence-corrected chi connectivity index (χ4v) is 2.68. The normalized spacial score (nSPS) is 10.2. The van der Waals surface area contributed by atoms with E-state index in [1.54, 1.807) is 19.1 Å². The van der Waals surface area contributed by atoms with Gasteiger partial charge in [-0.2, -0.15) is 0 Å². The lowest BCUT2D eigenvalue weighted by Gasteiger charge is -2.12. The van der Waals surface area contributed by atoms with E-state index in [0.29, 0.717) is 27.1 Å². The number of esters is 1. The molecule has 0 saturated heterocycles. The third-order valence-corrected chi connectivity index (χ3v) is 4.17. The molecule has 132 valence electrons. The number of aryl methyl sites for hydroxylation is 1. The van der Waals surface area contributed by atoms with Crippen LogP contribution in [0.1, 0.15) is 21.5 Å². The highest BCUT2D eigenvalue weighted by molar-refractivity contribution is 9.10. The second-order valence-electron chi connectivity index (χ2n) is 5.13. The fourth-order valence-electron chi connectivity index (χ4n) is 2.20. The minimum absolute atomic E-state index is 0.0622. The Bertz CT molecular complexity index is 821. The molecule has 0 saturated carbocycles. The summed E-state index contributed by atoms with van der Waals surface area (Å²) in [6, 6.07) is 7.60. The Labute approximate surface area is 152 Å². The van der Waals surface area contributed by atoms with Crippen LogP contribution >= 0.6 is 15.9 Å². The average molecular weight is 410 g/mol. The minimum Gasteiger partial charge on any atom is -0.496 e. The van der Waals surface area contributed by atoms with Crippen LogP contribution in [-0.2, 0) is 11.3 Å². The summed E-state index contributed by atoms with van der Waals surface area (Å²) in [6.45, 7) is 1.54. The number of benzene rings is 2. The van der Waals surface area contributed by atoms with Crippen LogP contribution in [0.25, 0.3) is 0 Å².